The van der Waals surface area contributed by atoms with Gasteiger partial charge in [0.15, 0.2) is 0 Å². The van der Waals surface area contributed by atoms with Gasteiger partial charge >= 0.3 is 0 Å². The number of aliphatic imine (C=N–C) groups is 1. The molecule has 0 radical (unpaired) electrons. The Kier molecular flexibility index (Phi) is 3.49. The van der Waals surface area contributed by atoms with E-state index in [2.05, 4.69) is 11.9 Å². The molecule has 0 fully saturated rings. The van der Waals surface area contributed by atoms with Gasteiger partial charge in [-0.1, -0.05) is 43.1 Å². The molecule has 0 N–H and O–H groups in total. The van der Waals surface area contributed by atoms with Gasteiger partial charge in [-0.25, -0.2) is 4.99 Å². The van der Waals surface area contributed by atoms with Crippen molar-refractivity contribution in [3.8, 4) is 0 Å². The van der Waals surface area contributed by atoms with Crippen LogP contribution in [0, 0.1) is 12.8 Å². The standard InChI is InChI=1S/C11H14ClN/c1-8(2)11(12)13-10-6-4-9(3)5-7-10/h4-8H,1-3H3. The van der Waals surface area contributed by atoms with Gasteiger partial charge in [-0.05, 0) is 19.1 Å². The van der Waals surface area contributed by atoms with Crippen molar-refractivity contribution in [3.05, 3.63) is 29.8 Å². The second-order valence-corrected chi connectivity index (χ2v) is 3.81. The number of halogens is 1. The largest absolute Gasteiger partial charge is 0.241 e. The molecule has 0 atom stereocenters. The first-order valence-electron chi connectivity index (χ1n) is 4.40. The summed E-state index contributed by atoms with van der Waals surface area (Å²) in [5.74, 6) is 0.294. The lowest BCUT2D eigenvalue weighted by molar-refractivity contribution is 0.899. The Balaban J connectivity index is 2.85. The van der Waals surface area contributed by atoms with Crippen LogP contribution >= 0.6 is 11.6 Å². The van der Waals surface area contributed by atoms with E-state index >= 15 is 0 Å². The van der Waals surface area contributed by atoms with E-state index in [9.17, 15) is 0 Å². The van der Waals surface area contributed by atoms with Crippen molar-refractivity contribution < 1.29 is 0 Å². The highest BCUT2D eigenvalue weighted by atomic mass is 35.5. The third-order valence-corrected chi connectivity index (χ3v) is 2.27. The van der Waals surface area contributed by atoms with E-state index in [0.29, 0.717) is 11.1 Å². The lowest BCUT2D eigenvalue weighted by atomic mass is 10.2. The Bertz CT molecular complexity index is 298. The molecular weight excluding hydrogens is 182 g/mol. The average Bonchev–Trinajstić information content (AvgIpc) is 2.08. The molecule has 0 saturated heterocycles. The summed E-state index contributed by atoms with van der Waals surface area (Å²) in [6, 6.07) is 8.01. The zero-order valence-corrected chi connectivity index (χ0v) is 8.97. The summed E-state index contributed by atoms with van der Waals surface area (Å²) in [6.07, 6.45) is 0. The predicted molar refractivity (Wildman–Crippen MR) is 59.0 cm³/mol. The molecule has 0 aliphatic heterocycles. The second kappa shape index (κ2) is 4.43. The van der Waals surface area contributed by atoms with Gasteiger partial charge < -0.3 is 0 Å². The summed E-state index contributed by atoms with van der Waals surface area (Å²) >= 11 is 5.94. The molecule has 13 heavy (non-hydrogen) atoms. The molecule has 0 amide bonds. The predicted octanol–water partition coefficient (Wildman–Crippen LogP) is 3.92. The van der Waals surface area contributed by atoms with Crippen molar-refractivity contribution in [2.75, 3.05) is 0 Å². The summed E-state index contributed by atoms with van der Waals surface area (Å²) in [4.78, 5) is 4.28. The average molecular weight is 196 g/mol. The number of aryl methyl sites for hydroxylation is 1. The molecule has 0 spiro atoms. The van der Waals surface area contributed by atoms with E-state index in [1.165, 1.54) is 5.56 Å². The van der Waals surface area contributed by atoms with Crippen LogP contribution in [0.1, 0.15) is 19.4 Å². The smallest absolute Gasteiger partial charge is 0.109 e. The first-order chi connectivity index (χ1) is 6.09. The minimum atomic E-state index is 0.294. The molecule has 1 rings (SSSR count). The highest BCUT2D eigenvalue weighted by Gasteiger charge is 2.00. The molecule has 2 heteroatoms. The van der Waals surface area contributed by atoms with Crippen LogP contribution in [0.3, 0.4) is 0 Å². The highest BCUT2D eigenvalue weighted by Crippen LogP contribution is 2.15. The second-order valence-electron chi connectivity index (χ2n) is 3.42. The third-order valence-electron chi connectivity index (χ3n) is 1.75. The number of hydrogen-bond donors (Lipinski definition) is 0. The van der Waals surface area contributed by atoms with E-state index < -0.39 is 0 Å². The fourth-order valence-electron chi connectivity index (χ4n) is 0.872. The van der Waals surface area contributed by atoms with Crippen LogP contribution in [0.15, 0.2) is 29.3 Å². The molecule has 0 saturated carbocycles. The molecule has 0 aromatic heterocycles. The molecule has 1 aromatic rings. The summed E-state index contributed by atoms with van der Waals surface area (Å²) in [5.41, 5.74) is 2.16. The van der Waals surface area contributed by atoms with E-state index in [0.717, 1.165) is 5.69 Å². The van der Waals surface area contributed by atoms with Crippen molar-refractivity contribution in [2.45, 2.75) is 20.8 Å². The zero-order valence-electron chi connectivity index (χ0n) is 8.21. The Morgan fingerprint density at radius 2 is 1.77 bits per heavy atom. The molecule has 1 nitrogen and oxygen atoms in total. The van der Waals surface area contributed by atoms with Crippen LogP contribution in [0.2, 0.25) is 0 Å². The van der Waals surface area contributed by atoms with Crippen molar-refractivity contribution in [3.63, 3.8) is 0 Å². The molecule has 0 unspecified atom stereocenters. The molecule has 0 aliphatic carbocycles. The van der Waals surface area contributed by atoms with E-state index in [4.69, 9.17) is 11.6 Å². The van der Waals surface area contributed by atoms with Crippen LogP contribution in [0.4, 0.5) is 5.69 Å². The minimum Gasteiger partial charge on any atom is -0.241 e. The van der Waals surface area contributed by atoms with E-state index in [1.54, 1.807) is 0 Å². The van der Waals surface area contributed by atoms with Gasteiger partial charge in [0.2, 0.25) is 0 Å². The molecular formula is C11H14ClN. The van der Waals surface area contributed by atoms with Crippen LogP contribution in [-0.4, -0.2) is 5.17 Å². The van der Waals surface area contributed by atoms with Crippen LogP contribution in [-0.2, 0) is 0 Å². The Morgan fingerprint density at radius 1 is 1.23 bits per heavy atom. The van der Waals surface area contributed by atoms with Crippen molar-refractivity contribution in [1.29, 1.82) is 0 Å². The first kappa shape index (κ1) is 10.3. The zero-order chi connectivity index (χ0) is 9.84. The van der Waals surface area contributed by atoms with Gasteiger partial charge in [0, 0.05) is 5.92 Å². The first-order valence-corrected chi connectivity index (χ1v) is 4.78. The monoisotopic (exact) mass is 195 g/mol. The lowest BCUT2D eigenvalue weighted by Gasteiger charge is -2.01. The van der Waals surface area contributed by atoms with Gasteiger partial charge in [-0.15, -0.1) is 0 Å². The summed E-state index contributed by atoms with van der Waals surface area (Å²) in [7, 11) is 0. The van der Waals surface area contributed by atoms with Crippen LogP contribution < -0.4 is 0 Å². The van der Waals surface area contributed by atoms with Gasteiger partial charge in [0.05, 0.1) is 5.69 Å². The van der Waals surface area contributed by atoms with E-state index in [1.807, 2.05) is 38.1 Å². The van der Waals surface area contributed by atoms with Gasteiger partial charge in [0.1, 0.15) is 5.17 Å². The Morgan fingerprint density at radius 3 is 2.23 bits per heavy atom. The maximum atomic E-state index is 5.94. The maximum Gasteiger partial charge on any atom is 0.109 e. The molecule has 0 bridgehead atoms. The number of rotatable bonds is 2. The molecule has 70 valence electrons. The summed E-state index contributed by atoms with van der Waals surface area (Å²) in [5, 5.41) is 0.656. The number of benzene rings is 1. The summed E-state index contributed by atoms with van der Waals surface area (Å²) in [6.45, 7) is 6.11. The SMILES string of the molecule is Cc1ccc(N=C(Cl)C(C)C)cc1. The summed E-state index contributed by atoms with van der Waals surface area (Å²) < 4.78 is 0. The fraction of sp³-hybridized carbons (Fsp3) is 0.364. The fourth-order valence-corrected chi connectivity index (χ4v) is 0.969. The number of hydrogen-bond acceptors (Lipinski definition) is 1. The molecule has 0 heterocycles. The minimum absolute atomic E-state index is 0.294. The van der Waals surface area contributed by atoms with Crippen LogP contribution in [0.5, 0.6) is 0 Å². The number of nitrogens with zero attached hydrogens (tertiary/aromatic N) is 1. The van der Waals surface area contributed by atoms with Gasteiger partial charge in [-0.2, -0.15) is 0 Å². The van der Waals surface area contributed by atoms with Gasteiger partial charge in [0.25, 0.3) is 0 Å². The Hall–Kier alpha value is -0.820. The topological polar surface area (TPSA) is 12.4 Å². The van der Waals surface area contributed by atoms with Crippen molar-refractivity contribution in [2.24, 2.45) is 10.9 Å². The quantitative estimate of drug-likeness (QED) is 0.635. The van der Waals surface area contributed by atoms with Crippen molar-refractivity contribution >= 4 is 22.5 Å². The van der Waals surface area contributed by atoms with E-state index in [-0.39, 0.29) is 0 Å². The highest BCUT2D eigenvalue weighted by molar-refractivity contribution is 6.66. The maximum absolute atomic E-state index is 5.94. The van der Waals surface area contributed by atoms with Gasteiger partial charge in [-0.3, -0.25) is 0 Å². The normalized spacial score (nSPS) is 12.2. The molecule has 0 aliphatic rings. The lowest BCUT2D eigenvalue weighted by Crippen LogP contribution is -1.96. The van der Waals surface area contributed by atoms with Crippen molar-refractivity contribution in [1.82, 2.24) is 0 Å². The van der Waals surface area contributed by atoms with Crippen LogP contribution in [0.25, 0.3) is 0 Å². The third kappa shape index (κ3) is 3.19. The molecule has 1 aromatic carbocycles. The Labute approximate surface area is 84.5 Å².